The lowest BCUT2D eigenvalue weighted by Gasteiger charge is -2.24. The summed E-state index contributed by atoms with van der Waals surface area (Å²) in [5.74, 6) is 0.940. The van der Waals surface area contributed by atoms with Gasteiger partial charge >= 0.3 is 0 Å². The maximum atomic E-state index is 12.3. The molecule has 0 unspecified atom stereocenters. The third-order valence-corrected chi connectivity index (χ3v) is 3.23. The number of rotatable bonds is 6. The molecule has 0 spiro atoms. The maximum absolute atomic E-state index is 12.3. The van der Waals surface area contributed by atoms with Crippen LogP contribution in [-0.2, 0) is 16.1 Å². The fraction of sp³-hybridized carbons (Fsp3) is 0.643. The van der Waals surface area contributed by atoms with Crippen molar-refractivity contribution in [2.75, 3.05) is 13.2 Å². The highest BCUT2D eigenvalue weighted by Crippen LogP contribution is 2.17. The number of unbranched alkanes of at least 4 members (excludes halogenated alkanes) is 1. The van der Waals surface area contributed by atoms with E-state index in [0.717, 1.165) is 38.0 Å². The van der Waals surface area contributed by atoms with Gasteiger partial charge in [-0.25, -0.2) is 0 Å². The van der Waals surface area contributed by atoms with Gasteiger partial charge in [-0.15, -0.1) is 0 Å². The van der Waals surface area contributed by atoms with Crippen molar-refractivity contribution >= 4 is 5.91 Å². The lowest BCUT2D eigenvalue weighted by Crippen LogP contribution is -2.39. The minimum atomic E-state index is -0.239. The van der Waals surface area contributed by atoms with Crippen LogP contribution in [-0.4, -0.2) is 30.1 Å². The van der Waals surface area contributed by atoms with Crippen LogP contribution in [0, 0.1) is 0 Å². The molecule has 1 aromatic heterocycles. The highest BCUT2D eigenvalue weighted by atomic mass is 16.5. The second-order valence-corrected chi connectivity index (χ2v) is 4.69. The monoisotopic (exact) mass is 251 g/mol. The van der Waals surface area contributed by atoms with Crippen LogP contribution in [0.25, 0.3) is 0 Å². The van der Waals surface area contributed by atoms with Gasteiger partial charge in [-0.1, -0.05) is 13.3 Å². The van der Waals surface area contributed by atoms with Crippen molar-refractivity contribution < 1.29 is 13.9 Å². The summed E-state index contributed by atoms with van der Waals surface area (Å²) < 4.78 is 10.8. The molecule has 4 heteroatoms. The standard InChI is InChI=1S/C14H21NO3/c1-2-3-8-15(11-12-6-4-9-17-12)14(16)13-7-5-10-18-13/h4,6,9,13H,2-3,5,7-8,10-11H2,1H3/t13-/m1/s1. The molecule has 4 nitrogen and oxygen atoms in total. The molecule has 0 N–H and O–H groups in total. The number of furan rings is 1. The number of nitrogens with zero attached hydrogens (tertiary/aromatic N) is 1. The molecule has 1 amide bonds. The molecule has 18 heavy (non-hydrogen) atoms. The van der Waals surface area contributed by atoms with E-state index >= 15 is 0 Å². The number of ether oxygens (including phenoxy) is 1. The van der Waals surface area contributed by atoms with Crippen LogP contribution < -0.4 is 0 Å². The van der Waals surface area contributed by atoms with Gasteiger partial charge in [0.2, 0.25) is 0 Å². The summed E-state index contributed by atoms with van der Waals surface area (Å²) in [6.45, 7) is 4.15. The molecule has 1 aliphatic heterocycles. The first-order valence-electron chi connectivity index (χ1n) is 6.74. The van der Waals surface area contributed by atoms with Crippen LogP contribution in [0.2, 0.25) is 0 Å². The lowest BCUT2D eigenvalue weighted by molar-refractivity contribution is -0.141. The number of amides is 1. The summed E-state index contributed by atoms with van der Waals surface area (Å²) >= 11 is 0. The minimum Gasteiger partial charge on any atom is -0.467 e. The topological polar surface area (TPSA) is 42.7 Å². The van der Waals surface area contributed by atoms with Crippen molar-refractivity contribution in [1.82, 2.24) is 4.90 Å². The van der Waals surface area contributed by atoms with E-state index in [2.05, 4.69) is 6.92 Å². The minimum absolute atomic E-state index is 0.109. The second kappa shape index (κ2) is 6.59. The summed E-state index contributed by atoms with van der Waals surface area (Å²) in [4.78, 5) is 14.2. The highest BCUT2D eigenvalue weighted by Gasteiger charge is 2.28. The maximum Gasteiger partial charge on any atom is 0.252 e. The van der Waals surface area contributed by atoms with E-state index in [1.165, 1.54) is 0 Å². The molecule has 2 heterocycles. The van der Waals surface area contributed by atoms with E-state index in [1.54, 1.807) is 6.26 Å². The molecule has 0 bridgehead atoms. The largest absolute Gasteiger partial charge is 0.467 e. The average Bonchev–Trinajstić information content (AvgIpc) is 3.06. The number of carbonyl (C=O) groups excluding carboxylic acids is 1. The average molecular weight is 251 g/mol. The molecule has 1 saturated heterocycles. The van der Waals surface area contributed by atoms with Gasteiger partial charge in [-0.05, 0) is 31.4 Å². The van der Waals surface area contributed by atoms with Gasteiger partial charge < -0.3 is 14.1 Å². The van der Waals surface area contributed by atoms with E-state index in [4.69, 9.17) is 9.15 Å². The van der Waals surface area contributed by atoms with E-state index < -0.39 is 0 Å². The SMILES string of the molecule is CCCCN(Cc1ccco1)C(=O)[C@H]1CCCO1. The van der Waals surface area contributed by atoms with E-state index in [0.29, 0.717) is 13.2 Å². The smallest absolute Gasteiger partial charge is 0.252 e. The molecule has 1 fully saturated rings. The quantitative estimate of drug-likeness (QED) is 0.780. The lowest BCUT2D eigenvalue weighted by atomic mass is 10.2. The van der Waals surface area contributed by atoms with Crippen LogP contribution in [0.15, 0.2) is 22.8 Å². The molecule has 100 valence electrons. The third kappa shape index (κ3) is 3.35. The normalized spacial score (nSPS) is 19.1. The Balaban J connectivity index is 1.96. The molecule has 0 aliphatic carbocycles. The van der Waals surface area contributed by atoms with E-state index in [9.17, 15) is 4.79 Å². The Bertz CT molecular complexity index is 355. The van der Waals surface area contributed by atoms with Gasteiger partial charge in [-0.3, -0.25) is 4.79 Å². The van der Waals surface area contributed by atoms with Gasteiger partial charge in [0.25, 0.3) is 5.91 Å². The Morgan fingerprint density at radius 3 is 3.06 bits per heavy atom. The molecule has 2 rings (SSSR count). The van der Waals surface area contributed by atoms with Gasteiger partial charge in [0, 0.05) is 13.2 Å². The van der Waals surface area contributed by atoms with Crippen LogP contribution >= 0.6 is 0 Å². The second-order valence-electron chi connectivity index (χ2n) is 4.69. The predicted molar refractivity (Wildman–Crippen MR) is 68.0 cm³/mol. The molecule has 1 aromatic rings. The van der Waals surface area contributed by atoms with Crippen molar-refractivity contribution in [3.8, 4) is 0 Å². The van der Waals surface area contributed by atoms with Crippen molar-refractivity contribution in [2.45, 2.75) is 45.3 Å². The number of carbonyl (C=O) groups is 1. The molecular weight excluding hydrogens is 230 g/mol. The zero-order valence-electron chi connectivity index (χ0n) is 10.9. The van der Waals surface area contributed by atoms with Gasteiger partial charge in [0.1, 0.15) is 11.9 Å². The predicted octanol–water partition coefficient (Wildman–Crippen LogP) is 2.59. The zero-order chi connectivity index (χ0) is 12.8. The van der Waals surface area contributed by atoms with E-state index in [-0.39, 0.29) is 12.0 Å². The Morgan fingerprint density at radius 2 is 2.44 bits per heavy atom. The fourth-order valence-electron chi connectivity index (χ4n) is 2.18. The van der Waals surface area contributed by atoms with Crippen molar-refractivity contribution in [3.63, 3.8) is 0 Å². The molecular formula is C14H21NO3. The van der Waals surface area contributed by atoms with Crippen molar-refractivity contribution in [2.24, 2.45) is 0 Å². The number of hydrogen-bond acceptors (Lipinski definition) is 3. The van der Waals surface area contributed by atoms with Crippen LogP contribution in [0.4, 0.5) is 0 Å². The van der Waals surface area contributed by atoms with Gasteiger partial charge in [-0.2, -0.15) is 0 Å². The fourth-order valence-corrected chi connectivity index (χ4v) is 2.18. The molecule has 0 saturated carbocycles. The first-order chi connectivity index (χ1) is 8.81. The molecule has 0 aromatic carbocycles. The summed E-state index contributed by atoms with van der Waals surface area (Å²) in [7, 11) is 0. The summed E-state index contributed by atoms with van der Waals surface area (Å²) in [5.41, 5.74) is 0. The summed E-state index contributed by atoms with van der Waals surface area (Å²) in [6, 6.07) is 3.76. The number of hydrogen-bond donors (Lipinski definition) is 0. The Morgan fingerprint density at radius 1 is 1.56 bits per heavy atom. The zero-order valence-corrected chi connectivity index (χ0v) is 10.9. The van der Waals surface area contributed by atoms with Gasteiger partial charge in [0.05, 0.1) is 12.8 Å². The first-order valence-corrected chi connectivity index (χ1v) is 6.74. The summed E-state index contributed by atoms with van der Waals surface area (Å²) in [6.07, 6.45) is 5.33. The Hall–Kier alpha value is -1.29. The molecule has 1 atom stereocenters. The van der Waals surface area contributed by atoms with Crippen LogP contribution in [0.1, 0.15) is 38.4 Å². The summed E-state index contributed by atoms with van der Waals surface area (Å²) in [5, 5.41) is 0. The highest BCUT2D eigenvalue weighted by molar-refractivity contribution is 5.81. The van der Waals surface area contributed by atoms with Crippen molar-refractivity contribution in [1.29, 1.82) is 0 Å². The third-order valence-electron chi connectivity index (χ3n) is 3.23. The first kappa shape index (κ1) is 13.1. The molecule has 0 radical (unpaired) electrons. The van der Waals surface area contributed by atoms with Crippen LogP contribution in [0.3, 0.4) is 0 Å². The van der Waals surface area contributed by atoms with Crippen LogP contribution in [0.5, 0.6) is 0 Å². The Labute approximate surface area is 108 Å². The van der Waals surface area contributed by atoms with Gasteiger partial charge in [0.15, 0.2) is 0 Å². The van der Waals surface area contributed by atoms with E-state index in [1.807, 2.05) is 17.0 Å². The molecule has 1 aliphatic rings. The Kier molecular flexibility index (Phi) is 4.81. The van der Waals surface area contributed by atoms with Crippen molar-refractivity contribution in [3.05, 3.63) is 24.2 Å².